The number of aromatic nitrogens is 3. The molecular formula is C11H9N3O. The Bertz CT molecular complexity index is 630. The number of pyridine rings is 2. The summed E-state index contributed by atoms with van der Waals surface area (Å²) in [4.78, 5) is 11.9. The second-order valence-electron chi connectivity index (χ2n) is 3.30. The molecular weight excluding hydrogens is 190 g/mol. The molecule has 4 heteroatoms. The van der Waals surface area contributed by atoms with E-state index in [9.17, 15) is 0 Å². The van der Waals surface area contributed by atoms with Gasteiger partial charge in [-0.25, -0.2) is 4.98 Å². The molecule has 0 radical (unpaired) electrons. The molecule has 3 heterocycles. The van der Waals surface area contributed by atoms with Gasteiger partial charge >= 0.3 is 0 Å². The maximum atomic E-state index is 5.12. The number of aromatic amines is 1. The Morgan fingerprint density at radius 3 is 2.93 bits per heavy atom. The van der Waals surface area contributed by atoms with Crippen LogP contribution < -0.4 is 4.74 Å². The summed E-state index contributed by atoms with van der Waals surface area (Å²) < 4.78 is 5.12. The lowest BCUT2D eigenvalue weighted by molar-refractivity contribution is 0.413. The number of hydrogen-bond acceptors (Lipinski definition) is 3. The summed E-state index contributed by atoms with van der Waals surface area (Å²) >= 11 is 0. The average molecular weight is 199 g/mol. The van der Waals surface area contributed by atoms with Gasteiger partial charge in [0.25, 0.3) is 0 Å². The SMILES string of the molecule is COc1cnc2c(c1)[nH]c1cccnc12. The predicted octanol–water partition coefficient (Wildman–Crippen LogP) is 2.12. The van der Waals surface area contributed by atoms with Gasteiger partial charge in [-0.1, -0.05) is 0 Å². The highest BCUT2D eigenvalue weighted by atomic mass is 16.5. The minimum absolute atomic E-state index is 0.744. The highest BCUT2D eigenvalue weighted by Gasteiger charge is 2.06. The van der Waals surface area contributed by atoms with Crippen molar-refractivity contribution < 1.29 is 4.74 Å². The monoisotopic (exact) mass is 199 g/mol. The standard InChI is InChI=1S/C11H9N3O/c1-15-7-5-9-11(13-6-7)10-8(14-9)3-2-4-12-10/h2-6,14H,1H3. The van der Waals surface area contributed by atoms with Crippen LogP contribution in [-0.2, 0) is 0 Å². The number of hydrogen-bond donors (Lipinski definition) is 1. The molecule has 0 fully saturated rings. The molecule has 0 aromatic carbocycles. The van der Waals surface area contributed by atoms with Crippen LogP contribution in [0.5, 0.6) is 5.75 Å². The van der Waals surface area contributed by atoms with E-state index < -0.39 is 0 Å². The molecule has 3 rings (SSSR count). The second-order valence-corrected chi connectivity index (χ2v) is 3.30. The molecule has 3 aromatic heterocycles. The van der Waals surface area contributed by atoms with E-state index in [-0.39, 0.29) is 0 Å². The molecule has 0 aliphatic heterocycles. The van der Waals surface area contributed by atoms with Gasteiger partial charge in [0.2, 0.25) is 0 Å². The van der Waals surface area contributed by atoms with Crippen molar-refractivity contribution in [2.24, 2.45) is 0 Å². The topological polar surface area (TPSA) is 50.8 Å². The van der Waals surface area contributed by atoms with Crippen molar-refractivity contribution in [1.29, 1.82) is 0 Å². The third kappa shape index (κ3) is 1.15. The van der Waals surface area contributed by atoms with Crippen LogP contribution in [0.25, 0.3) is 22.1 Å². The summed E-state index contributed by atoms with van der Waals surface area (Å²) in [6, 6.07) is 5.80. The zero-order valence-corrected chi connectivity index (χ0v) is 8.19. The summed E-state index contributed by atoms with van der Waals surface area (Å²) in [7, 11) is 1.63. The summed E-state index contributed by atoms with van der Waals surface area (Å²) in [6.45, 7) is 0. The number of fused-ring (bicyclic) bond motifs is 3. The number of rotatable bonds is 1. The van der Waals surface area contributed by atoms with Crippen molar-refractivity contribution in [3.63, 3.8) is 0 Å². The van der Waals surface area contributed by atoms with Crippen LogP contribution in [-0.4, -0.2) is 22.1 Å². The molecule has 74 valence electrons. The number of nitrogens with zero attached hydrogens (tertiary/aromatic N) is 2. The van der Waals surface area contributed by atoms with Crippen LogP contribution in [0.3, 0.4) is 0 Å². The van der Waals surface area contributed by atoms with Crippen LogP contribution in [0.15, 0.2) is 30.6 Å². The van der Waals surface area contributed by atoms with Crippen LogP contribution in [0, 0.1) is 0 Å². The fourth-order valence-corrected chi connectivity index (χ4v) is 1.68. The van der Waals surface area contributed by atoms with Crippen molar-refractivity contribution in [3.8, 4) is 5.75 Å². The first-order valence-corrected chi connectivity index (χ1v) is 4.65. The Kier molecular flexibility index (Phi) is 1.62. The number of nitrogens with one attached hydrogen (secondary N) is 1. The molecule has 0 amide bonds. The fraction of sp³-hybridized carbons (Fsp3) is 0.0909. The first-order chi connectivity index (χ1) is 7.38. The van der Waals surface area contributed by atoms with Crippen molar-refractivity contribution >= 4 is 22.1 Å². The Labute approximate surface area is 85.9 Å². The van der Waals surface area contributed by atoms with Crippen molar-refractivity contribution in [3.05, 3.63) is 30.6 Å². The molecule has 0 atom stereocenters. The lowest BCUT2D eigenvalue weighted by atomic mass is 10.3. The quantitative estimate of drug-likeness (QED) is 0.653. The summed E-state index contributed by atoms with van der Waals surface area (Å²) in [5.74, 6) is 0.744. The van der Waals surface area contributed by atoms with Crippen molar-refractivity contribution in [1.82, 2.24) is 15.0 Å². The number of methoxy groups -OCH3 is 1. The van der Waals surface area contributed by atoms with Gasteiger partial charge in [-0.2, -0.15) is 0 Å². The minimum Gasteiger partial charge on any atom is -0.495 e. The van der Waals surface area contributed by atoms with Crippen molar-refractivity contribution in [2.75, 3.05) is 7.11 Å². The van der Waals surface area contributed by atoms with E-state index in [1.165, 1.54) is 0 Å². The second kappa shape index (κ2) is 2.95. The molecule has 0 aliphatic rings. The lowest BCUT2D eigenvalue weighted by Crippen LogP contribution is -1.84. The van der Waals surface area contributed by atoms with Gasteiger partial charge in [0.1, 0.15) is 16.8 Å². The van der Waals surface area contributed by atoms with E-state index in [0.29, 0.717) is 0 Å². The first kappa shape index (κ1) is 8.23. The highest BCUT2D eigenvalue weighted by molar-refractivity contribution is 6.02. The summed E-state index contributed by atoms with van der Waals surface area (Å²) in [5.41, 5.74) is 3.72. The Morgan fingerprint density at radius 1 is 1.20 bits per heavy atom. The molecule has 0 spiro atoms. The molecule has 15 heavy (non-hydrogen) atoms. The first-order valence-electron chi connectivity index (χ1n) is 4.65. The van der Waals surface area contributed by atoms with E-state index in [0.717, 1.165) is 27.8 Å². The van der Waals surface area contributed by atoms with Gasteiger partial charge in [0.05, 0.1) is 24.3 Å². The zero-order valence-electron chi connectivity index (χ0n) is 8.19. The van der Waals surface area contributed by atoms with Gasteiger partial charge in [0, 0.05) is 12.3 Å². The molecule has 0 bridgehead atoms. The van der Waals surface area contributed by atoms with E-state index in [4.69, 9.17) is 4.74 Å². The zero-order chi connectivity index (χ0) is 10.3. The summed E-state index contributed by atoms with van der Waals surface area (Å²) in [6.07, 6.45) is 3.46. The van der Waals surface area contributed by atoms with Gasteiger partial charge in [0.15, 0.2) is 0 Å². The molecule has 4 nitrogen and oxygen atoms in total. The van der Waals surface area contributed by atoms with E-state index >= 15 is 0 Å². The van der Waals surface area contributed by atoms with Gasteiger partial charge in [-0.3, -0.25) is 4.98 Å². The highest BCUT2D eigenvalue weighted by Crippen LogP contribution is 2.23. The predicted molar refractivity (Wildman–Crippen MR) is 57.9 cm³/mol. The minimum atomic E-state index is 0.744. The van der Waals surface area contributed by atoms with Crippen LogP contribution in [0.1, 0.15) is 0 Å². The molecule has 0 unspecified atom stereocenters. The van der Waals surface area contributed by atoms with E-state index in [2.05, 4.69) is 15.0 Å². The molecule has 1 N–H and O–H groups in total. The van der Waals surface area contributed by atoms with E-state index in [1.54, 1.807) is 19.5 Å². The third-order valence-electron chi connectivity index (χ3n) is 2.40. The van der Waals surface area contributed by atoms with Crippen LogP contribution in [0.2, 0.25) is 0 Å². The third-order valence-corrected chi connectivity index (χ3v) is 2.40. The largest absolute Gasteiger partial charge is 0.495 e. The smallest absolute Gasteiger partial charge is 0.139 e. The van der Waals surface area contributed by atoms with Crippen LogP contribution >= 0.6 is 0 Å². The summed E-state index contributed by atoms with van der Waals surface area (Å²) in [5, 5.41) is 0. The maximum Gasteiger partial charge on any atom is 0.139 e. The van der Waals surface area contributed by atoms with Crippen LogP contribution in [0.4, 0.5) is 0 Å². The number of ether oxygens (including phenoxy) is 1. The molecule has 0 saturated carbocycles. The van der Waals surface area contributed by atoms with Gasteiger partial charge in [-0.15, -0.1) is 0 Å². The Hall–Kier alpha value is -2.10. The molecule has 3 aromatic rings. The number of H-pyrrole nitrogens is 1. The van der Waals surface area contributed by atoms with E-state index in [1.807, 2.05) is 18.2 Å². The maximum absolute atomic E-state index is 5.12. The Morgan fingerprint density at radius 2 is 2.07 bits per heavy atom. The molecule has 0 saturated heterocycles. The fourth-order valence-electron chi connectivity index (χ4n) is 1.68. The van der Waals surface area contributed by atoms with Crippen molar-refractivity contribution in [2.45, 2.75) is 0 Å². The molecule has 0 aliphatic carbocycles. The average Bonchev–Trinajstić information content (AvgIpc) is 2.66. The van der Waals surface area contributed by atoms with Gasteiger partial charge in [-0.05, 0) is 12.1 Å². The lowest BCUT2D eigenvalue weighted by Gasteiger charge is -1.96. The normalized spacial score (nSPS) is 11.0. The Balaban J connectivity index is 2.43. The van der Waals surface area contributed by atoms with Gasteiger partial charge < -0.3 is 9.72 Å².